The lowest BCUT2D eigenvalue weighted by molar-refractivity contribution is -0.365. The molecule has 3 rings (SSSR count). The van der Waals surface area contributed by atoms with Gasteiger partial charge in [-0.2, -0.15) is 4.90 Å². The van der Waals surface area contributed by atoms with Crippen molar-refractivity contribution in [3.05, 3.63) is 0 Å². The second-order valence-electron chi connectivity index (χ2n) is 7.98. The molecule has 9 nitrogen and oxygen atoms in total. The first-order valence-corrected chi connectivity index (χ1v) is 8.84. The molecule has 3 fully saturated rings. The third kappa shape index (κ3) is 3.66. The first-order valence-electron chi connectivity index (χ1n) is 8.84. The molecule has 0 aromatic rings. The van der Waals surface area contributed by atoms with Crippen molar-refractivity contribution in [2.75, 3.05) is 13.2 Å². The summed E-state index contributed by atoms with van der Waals surface area (Å²) < 4.78 is 34.0. The van der Waals surface area contributed by atoms with Crippen LogP contribution in [0.2, 0.25) is 0 Å². The van der Waals surface area contributed by atoms with Crippen LogP contribution in [-0.4, -0.2) is 72.3 Å². The Kier molecular flexibility index (Phi) is 4.93. The third-order valence-electron chi connectivity index (χ3n) is 4.28. The Balaban J connectivity index is 1.89. The van der Waals surface area contributed by atoms with E-state index in [1.807, 2.05) is 0 Å². The van der Waals surface area contributed by atoms with Crippen LogP contribution in [0, 0.1) is 0 Å². The highest BCUT2D eigenvalue weighted by Crippen LogP contribution is 2.39. The van der Waals surface area contributed by atoms with Gasteiger partial charge < -0.3 is 28.4 Å². The van der Waals surface area contributed by atoms with Crippen LogP contribution in [0.25, 0.3) is 0 Å². The monoisotopic (exact) mass is 373 g/mol. The lowest BCUT2D eigenvalue weighted by Gasteiger charge is -2.48. The highest BCUT2D eigenvalue weighted by atomic mass is 16.8. The van der Waals surface area contributed by atoms with Crippen LogP contribution in [0.15, 0.2) is 0 Å². The number of rotatable bonds is 2. The summed E-state index contributed by atoms with van der Waals surface area (Å²) in [5, 5.41) is 0. The zero-order valence-corrected chi connectivity index (χ0v) is 16.0. The van der Waals surface area contributed by atoms with Gasteiger partial charge in [0.2, 0.25) is 0 Å². The fourth-order valence-electron chi connectivity index (χ4n) is 3.32. The van der Waals surface area contributed by atoms with Gasteiger partial charge in [0.25, 0.3) is 0 Å². The Morgan fingerprint density at radius 3 is 2.62 bits per heavy atom. The number of nitrogens with zero attached hydrogens (tertiary/aromatic N) is 1. The van der Waals surface area contributed by atoms with E-state index in [-0.39, 0.29) is 6.61 Å². The zero-order valence-electron chi connectivity index (χ0n) is 16.0. The number of hydrogen-bond acceptors (Lipinski definition) is 8. The first-order chi connectivity index (χ1) is 12.0. The van der Waals surface area contributed by atoms with Crippen molar-refractivity contribution in [3.8, 4) is 0 Å². The standard InChI is InChI=1S/C17H27NO8/c1-7-21-13-10-12(11-9(23-13)8-22-17(5,6)25-11)24-14(19)18(10)15(20)26-16(2,3)4/h9-13H,7-8H2,1-6H3/t9-,10-,11-,12+,13-/m1/s1. The van der Waals surface area contributed by atoms with Crippen molar-refractivity contribution in [1.82, 2.24) is 4.90 Å². The smallest absolute Gasteiger partial charge is 0.420 e. The van der Waals surface area contributed by atoms with Gasteiger partial charge in [0, 0.05) is 6.61 Å². The van der Waals surface area contributed by atoms with E-state index in [0.717, 1.165) is 4.90 Å². The van der Waals surface area contributed by atoms with Crippen LogP contribution in [0.4, 0.5) is 9.59 Å². The average Bonchev–Trinajstić information content (AvgIpc) is 2.84. The van der Waals surface area contributed by atoms with Crippen LogP contribution in [0.3, 0.4) is 0 Å². The fraction of sp³-hybridized carbons (Fsp3) is 0.882. The van der Waals surface area contributed by atoms with E-state index in [1.54, 1.807) is 41.5 Å². The van der Waals surface area contributed by atoms with Gasteiger partial charge in [0.15, 0.2) is 18.2 Å². The largest absolute Gasteiger partial charge is 0.443 e. The maximum absolute atomic E-state index is 12.6. The number of carbonyl (C=O) groups excluding carboxylic acids is 2. The molecule has 148 valence electrons. The number of amides is 2. The summed E-state index contributed by atoms with van der Waals surface area (Å²) >= 11 is 0. The van der Waals surface area contributed by atoms with E-state index >= 15 is 0 Å². The van der Waals surface area contributed by atoms with E-state index in [2.05, 4.69) is 0 Å². The zero-order chi connectivity index (χ0) is 19.3. The lowest BCUT2D eigenvalue weighted by Crippen LogP contribution is -2.66. The molecule has 3 aliphatic heterocycles. The molecule has 0 aliphatic carbocycles. The molecule has 0 spiro atoms. The Morgan fingerprint density at radius 2 is 2.00 bits per heavy atom. The molecule has 9 heteroatoms. The van der Waals surface area contributed by atoms with Crippen LogP contribution in [0.5, 0.6) is 0 Å². The molecule has 3 saturated heterocycles. The molecule has 0 saturated carbocycles. The molecule has 0 bridgehead atoms. The number of hydrogen-bond donors (Lipinski definition) is 0. The summed E-state index contributed by atoms with van der Waals surface area (Å²) in [5.74, 6) is -0.848. The highest BCUT2D eigenvalue weighted by Gasteiger charge is 2.62. The molecule has 0 radical (unpaired) electrons. The molecule has 5 atom stereocenters. The van der Waals surface area contributed by atoms with E-state index in [1.165, 1.54) is 0 Å². The van der Waals surface area contributed by atoms with Crippen molar-refractivity contribution in [1.29, 1.82) is 0 Å². The maximum atomic E-state index is 12.6. The van der Waals surface area contributed by atoms with Gasteiger partial charge in [-0.05, 0) is 41.5 Å². The molecule has 0 aromatic carbocycles. The predicted molar refractivity (Wildman–Crippen MR) is 87.3 cm³/mol. The first kappa shape index (κ1) is 19.3. The predicted octanol–water partition coefficient (Wildman–Crippen LogP) is 2.02. The molecular weight excluding hydrogens is 346 g/mol. The van der Waals surface area contributed by atoms with Crippen LogP contribution < -0.4 is 0 Å². The minimum Gasteiger partial charge on any atom is -0.443 e. The van der Waals surface area contributed by atoms with E-state index in [4.69, 9.17) is 28.4 Å². The van der Waals surface area contributed by atoms with E-state index in [0.29, 0.717) is 6.61 Å². The summed E-state index contributed by atoms with van der Waals surface area (Å²) in [6.07, 6.45) is -4.21. The van der Waals surface area contributed by atoms with Crippen LogP contribution >= 0.6 is 0 Å². The number of ether oxygens (including phenoxy) is 6. The fourth-order valence-corrected chi connectivity index (χ4v) is 3.32. The molecule has 2 amide bonds. The Morgan fingerprint density at radius 1 is 1.31 bits per heavy atom. The normalized spacial score (nSPS) is 36.2. The molecular formula is C17H27NO8. The molecule has 0 unspecified atom stereocenters. The van der Waals surface area contributed by atoms with Crippen molar-refractivity contribution in [2.24, 2.45) is 0 Å². The van der Waals surface area contributed by atoms with Crippen molar-refractivity contribution in [2.45, 2.75) is 83.6 Å². The van der Waals surface area contributed by atoms with Gasteiger partial charge in [-0.3, -0.25) is 0 Å². The minimum absolute atomic E-state index is 0.272. The van der Waals surface area contributed by atoms with E-state index in [9.17, 15) is 9.59 Å². The van der Waals surface area contributed by atoms with Gasteiger partial charge in [0.1, 0.15) is 23.9 Å². The summed E-state index contributed by atoms with van der Waals surface area (Å²) in [6.45, 7) is 11.1. The summed E-state index contributed by atoms with van der Waals surface area (Å²) in [6, 6.07) is -0.799. The molecule has 3 heterocycles. The SMILES string of the molecule is CCO[C@@H]1O[C@@H]2COC(C)(C)O[C@H]2[C@H]2OC(=O)N(C(=O)OC(C)(C)C)[C@@H]12. The van der Waals surface area contributed by atoms with Gasteiger partial charge in [0.05, 0.1) is 6.61 Å². The van der Waals surface area contributed by atoms with Gasteiger partial charge in [-0.15, -0.1) is 0 Å². The Labute approximate surface area is 152 Å². The van der Waals surface area contributed by atoms with Crippen molar-refractivity contribution < 1.29 is 38.0 Å². The van der Waals surface area contributed by atoms with E-state index < -0.39 is 54.2 Å². The van der Waals surface area contributed by atoms with Gasteiger partial charge in [-0.25, -0.2) is 9.59 Å². The Bertz CT molecular complexity index is 572. The molecule has 0 aromatic heterocycles. The van der Waals surface area contributed by atoms with Crippen LogP contribution in [0.1, 0.15) is 41.5 Å². The summed E-state index contributed by atoms with van der Waals surface area (Å²) in [7, 11) is 0. The van der Waals surface area contributed by atoms with Gasteiger partial charge in [-0.1, -0.05) is 0 Å². The number of fused-ring (bicyclic) bond motifs is 3. The molecule has 3 aliphatic rings. The van der Waals surface area contributed by atoms with Crippen LogP contribution in [-0.2, 0) is 28.4 Å². The topological polar surface area (TPSA) is 92.8 Å². The summed E-state index contributed by atoms with van der Waals surface area (Å²) in [5.41, 5.74) is -0.758. The molecule has 26 heavy (non-hydrogen) atoms. The number of imide groups is 1. The third-order valence-corrected chi connectivity index (χ3v) is 4.28. The quantitative estimate of drug-likeness (QED) is 0.726. The minimum atomic E-state index is -0.848. The lowest BCUT2D eigenvalue weighted by atomic mass is 9.95. The average molecular weight is 373 g/mol. The second kappa shape index (κ2) is 6.63. The second-order valence-corrected chi connectivity index (χ2v) is 7.98. The summed E-state index contributed by atoms with van der Waals surface area (Å²) in [4.78, 5) is 26.0. The Hall–Kier alpha value is -1.42. The molecule has 0 N–H and O–H groups in total. The number of carbonyl (C=O) groups is 2. The van der Waals surface area contributed by atoms with Gasteiger partial charge >= 0.3 is 12.2 Å². The van der Waals surface area contributed by atoms with Crippen molar-refractivity contribution >= 4 is 12.2 Å². The highest BCUT2D eigenvalue weighted by molar-refractivity contribution is 5.90. The maximum Gasteiger partial charge on any atom is 0.420 e. The van der Waals surface area contributed by atoms with Crippen molar-refractivity contribution in [3.63, 3.8) is 0 Å².